The van der Waals surface area contributed by atoms with Crippen LogP contribution in [0.4, 0.5) is 5.69 Å². The molecular formula is C13H21N. The van der Waals surface area contributed by atoms with E-state index in [0.717, 1.165) is 0 Å². The molecular weight excluding hydrogens is 170 g/mol. The van der Waals surface area contributed by atoms with E-state index in [-0.39, 0.29) is 0 Å². The van der Waals surface area contributed by atoms with Gasteiger partial charge in [-0.2, -0.15) is 0 Å². The average Bonchev–Trinajstić information content (AvgIpc) is 2.17. The summed E-state index contributed by atoms with van der Waals surface area (Å²) in [6.07, 6.45) is 2.37. The van der Waals surface area contributed by atoms with E-state index in [9.17, 15) is 0 Å². The minimum absolute atomic E-state index is 0.608. The van der Waals surface area contributed by atoms with Crippen molar-refractivity contribution in [2.75, 3.05) is 5.32 Å². The summed E-state index contributed by atoms with van der Waals surface area (Å²) in [4.78, 5) is 0. The van der Waals surface area contributed by atoms with Crippen molar-refractivity contribution in [2.45, 2.75) is 46.6 Å². The monoisotopic (exact) mass is 191 g/mol. The van der Waals surface area contributed by atoms with Gasteiger partial charge in [0.15, 0.2) is 0 Å². The van der Waals surface area contributed by atoms with E-state index < -0.39 is 0 Å². The smallest absolute Gasteiger partial charge is 0.0372 e. The quantitative estimate of drug-likeness (QED) is 0.761. The van der Waals surface area contributed by atoms with Gasteiger partial charge in [-0.3, -0.25) is 0 Å². The SMILES string of the molecule is CCC(CC)Nc1ccc(C)cc1C. The highest BCUT2D eigenvalue weighted by atomic mass is 14.9. The van der Waals surface area contributed by atoms with Crippen molar-refractivity contribution in [3.05, 3.63) is 29.3 Å². The van der Waals surface area contributed by atoms with Gasteiger partial charge >= 0.3 is 0 Å². The largest absolute Gasteiger partial charge is 0.382 e. The minimum atomic E-state index is 0.608. The Morgan fingerprint density at radius 3 is 2.29 bits per heavy atom. The molecule has 0 aliphatic heterocycles. The standard InChI is InChI=1S/C13H21N/c1-5-12(6-2)14-13-8-7-10(3)9-11(13)4/h7-9,12,14H,5-6H2,1-4H3. The zero-order valence-electron chi connectivity index (χ0n) is 9.72. The van der Waals surface area contributed by atoms with Gasteiger partial charge in [0.1, 0.15) is 0 Å². The fourth-order valence-corrected chi connectivity index (χ4v) is 1.69. The lowest BCUT2D eigenvalue weighted by molar-refractivity contribution is 0.671. The van der Waals surface area contributed by atoms with E-state index in [1.807, 2.05) is 0 Å². The van der Waals surface area contributed by atoms with E-state index in [2.05, 4.69) is 51.2 Å². The second-order valence-corrected chi connectivity index (χ2v) is 3.98. The fraction of sp³-hybridized carbons (Fsp3) is 0.538. The molecule has 1 aromatic rings. The number of hydrogen-bond donors (Lipinski definition) is 1. The number of nitrogens with one attached hydrogen (secondary N) is 1. The van der Waals surface area contributed by atoms with Gasteiger partial charge in [-0.15, -0.1) is 0 Å². The third-order valence-corrected chi connectivity index (χ3v) is 2.73. The van der Waals surface area contributed by atoms with Gasteiger partial charge in [0, 0.05) is 11.7 Å². The summed E-state index contributed by atoms with van der Waals surface area (Å²) in [7, 11) is 0. The molecule has 0 radical (unpaired) electrons. The van der Waals surface area contributed by atoms with Gasteiger partial charge in [0.05, 0.1) is 0 Å². The predicted octanol–water partition coefficient (Wildman–Crippen LogP) is 3.90. The molecule has 0 atom stereocenters. The number of aryl methyl sites for hydroxylation is 2. The molecule has 1 rings (SSSR count). The molecule has 1 aromatic carbocycles. The molecule has 1 heteroatoms. The lowest BCUT2D eigenvalue weighted by Crippen LogP contribution is -2.17. The summed E-state index contributed by atoms with van der Waals surface area (Å²) < 4.78 is 0. The Morgan fingerprint density at radius 2 is 1.79 bits per heavy atom. The van der Waals surface area contributed by atoms with Crippen molar-refractivity contribution in [1.29, 1.82) is 0 Å². The molecule has 0 saturated carbocycles. The highest BCUT2D eigenvalue weighted by Gasteiger charge is 2.04. The average molecular weight is 191 g/mol. The Balaban J connectivity index is 2.76. The molecule has 0 saturated heterocycles. The Hall–Kier alpha value is -0.980. The lowest BCUT2D eigenvalue weighted by atomic mass is 10.1. The summed E-state index contributed by atoms with van der Waals surface area (Å²) in [5.41, 5.74) is 3.96. The van der Waals surface area contributed by atoms with Crippen molar-refractivity contribution in [3.63, 3.8) is 0 Å². The Bertz CT molecular complexity index is 287. The van der Waals surface area contributed by atoms with Crippen LogP contribution in [-0.2, 0) is 0 Å². The summed E-state index contributed by atoms with van der Waals surface area (Å²) in [6, 6.07) is 7.18. The topological polar surface area (TPSA) is 12.0 Å². The molecule has 78 valence electrons. The first kappa shape index (κ1) is 11.1. The van der Waals surface area contributed by atoms with Crippen molar-refractivity contribution in [1.82, 2.24) is 0 Å². The molecule has 0 spiro atoms. The Labute approximate surface area is 87.5 Å². The van der Waals surface area contributed by atoms with Crippen molar-refractivity contribution in [3.8, 4) is 0 Å². The van der Waals surface area contributed by atoms with Crippen LogP contribution in [0, 0.1) is 13.8 Å². The van der Waals surface area contributed by atoms with Gasteiger partial charge in [-0.1, -0.05) is 31.5 Å². The summed E-state index contributed by atoms with van der Waals surface area (Å²) in [6.45, 7) is 8.75. The molecule has 0 aliphatic carbocycles. The third-order valence-electron chi connectivity index (χ3n) is 2.73. The van der Waals surface area contributed by atoms with Crippen LogP contribution in [0.2, 0.25) is 0 Å². The second-order valence-electron chi connectivity index (χ2n) is 3.98. The summed E-state index contributed by atoms with van der Waals surface area (Å²) in [5, 5.41) is 3.57. The second kappa shape index (κ2) is 5.04. The maximum absolute atomic E-state index is 3.57. The molecule has 0 aromatic heterocycles. The lowest BCUT2D eigenvalue weighted by Gasteiger charge is -2.18. The van der Waals surface area contributed by atoms with Crippen molar-refractivity contribution < 1.29 is 0 Å². The molecule has 0 heterocycles. The molecule has 0 unspecified atom stereocenters. The predicted molar refractivity (Wildman–Crippen MR) is 63.9 cm³/mol. The maximum Gasteiger partial charge on any atom is 0.0372 e. The van der Waals surface area contributed by atoms with Crippen LogP contribution in [0.25, 0.3) is 0 Å². The first-order chi connectivity index (χ1) is 6.67. The van der Waals surface area contributed by atoms with Crippen LogP contribution in [0.5, 0.6) is 0 Å². The van der Waals surface area contributed by atoms with E-state index in [1.54, 1.807) is 0 Å². The van der Waals surface area contributed by atoms with Crippen LogP contribution in [-0.4, -0.2) is 6.04 Å². The van der Waals surface area contributed by atoms with E-state index in [0.29, 0.717) is 6.04 Å². The molecule has 0 bridgehead atoms. The van der Waals surface area contributed by atoms with Gasteiger partial charge in [-0.05, 0) is 38.3 Å². The fourth-order valence-electron chi connectivity index (χ4n) is 1.69. The van der Waals surface area contributed by atoms with Gasteiger partial charge in [0.2, 0.25) is 0 Å². The minimum Gasteiger partial charge on any atom is -0.382 e. The number of anilines is 1. The van der Waals surface area contributed by atoms with Crippen molar-refractivity contribution in [2.24, 2.45) is 0 Å². The number of hydrogen-bond acceptors (Lipinski definition) is 1. The van der Waals surface area contributed by atoms with Crippen LogP contribution >= 0.6 is 0 Å². The van der Waals surface area contributed by atoms with Crippen LogP contribution in [0.15, 0.2) is 18.2 Å². The molecule has 0 fully saturated rings. The normalized spacial score (nSPS) is 10.6. The molecule has 1 N–H and O–H groups in total. The Kier molecular flexibility index (Phi) is 3.99. The van der Waals surface area contributed by atoms with Gasteiger partial charge < -0.3 is 5.32 Å². The highest BCUT2D eigenvalue weighted by Crippen LogP contribution is 2.18. The van der Waals surface area contributed by atoms with Gasteiger partial charge in [-0.25, -0.2) is 0 Å². The first-order valence-corrected chi connectivity index (χ1v) is 5.51. The first-order valence-electron chi connectivity index (χ1n) is 5.51. The highest BCUT2D eigenvalue weighted by molar-refractivity contribution is 5.52. The molecule has 0 amide bonds. The Morgan fingerprint density at radius 1 is 1.14 bits per heavy atom. The molecule has 1 nitrogen and oxygen atoms in total. The zero-order chi connectivity index (χ0) is 10.6. The molecule has 14 heavy (non-hydrogen) atoms. The number of rotatable bonds is 4. The molecule has 0 aliphatic rings. The van der Waals surface area contributed by atoms with Crippen LogP contribution in [0.3, 0.4) is 0 Å². The van der Waals surface area contributed by atoms with Gasteiger partial charge in [0.25, 0.3) is 0 Å². The van der Waals surface area contributed by atoms with E-state index in [1.165, 1.54) is 29.7 Å². The third kappa shape index (κ3) is 2.76. The summed E-state index contributed by atoms with van der Waals surface area (Å²) in [5.74, 6) is 0. The summed E-state index contributed by atoms with van der Waals surface area (Å²) >= 11 is 0. The van der Waals surface area contributed by atoms with E-state index in [4.69, 9.17) is 0 Å². The van der Waals surface area contributed by atoms with Crippen LogP contribution in [0.1, 0.15) is 37.8 Å². The van der Waals surface area contributed by atoms with Crippen LogP contribution < -0.4 is 5.32 Å². The zero-order valence-corrected chi connectivity index (χ0v) is 9.72. The maximum atomic E-state index is 3.57. The number of benzene rings is 1. The van der Waals surface area contributed by atoms with Crippen molar-refractivity contribution >= 4 is 5.69 Å². The van der Waals surface area contributed by atoms with E-state index >= 15 is 0 Å².